The number of hydrogen-bond acceptors (Lipinski definition) is 3. The van der Waals surface area contributed by atoms with Gasteiger partial charge in [0.15, 0.2) is 0 Å². The zero-order valence-corrected chi connectivity index (χ0v) is 16.2. The number of carbonyl (C=O) groups excluding carboxylic acids is 2. The van der Waals surface area contributed by atoms with Gasteiger partial charge in [-0.3, -0.25) is 9.59 Å². The second-order valence-corrected chi connectivity index (χ2v) is 6.71. The zero-order chi connectivity index (χ0) is 20.5. The van der Waals surface area contributed by atoms with E-state index in [2.05, 4.69) is 15.8 Å². The van der Waals surface area contributed by atoms with Gasteiger partial charge in [-0.05, 0) is 30.2 Å². The van der Waals surface area contributed by atoms with Crippen molar-refractivity contribution in [1.29, 1.82) is 0 Å². The molecule has 2 amide bonds. The lowest BCUT2D eigenvalue weighted by molar-refractivity contribution is -0.121. The van der Waals surface area contributed by atoms with Gasteiger partial charge >= 0.3 is 0 Å². The van der Waals surface area contributed by atoms with E-state index in [9.17, 15) is 9.59 Å². The molecular formula is C24H23N3O2. The monoisotopic (exact) mass is 385 g/mol. The van der Waals surface area contributed by atoms with Gasteiger partial charge in [-0.1, -0.05) is 78.4 Å². The first kappa shape index (κ1) is 20.0. The Bertz CT molecular complexity index is 968. The van der Waals surface area contributed by atoms with E-state index in [1.54, 1.807) is 30.5 Å². The molecule has 29 heavy (non-hydrogen) atoms. The fourth-order valence-corrected chi connectivity index (χ4v) is 2.83. The maximum atomic E-state index is 12.6. The summed E-state index contributed by atoms with van der Waals surface area (Å²) in [5.74, 6) is -0.508. The Morgan fingerprint density at radius 3 is 2.17 bits per heavy atom. The molecule has 5 heteroatoms. The molecule has 3 aromatic carbocycles. The van der Waals surface area contributed by atoms with Crippen molar-refractivity contribution < 1.29 is 9.59 Å². The molecule has 0 aliphatic carbocycles. The molecule has 0 aliphatic rings. The first-order chi connectivity index (χ1) is 14.1. The van der Waals surface area contributed by atoms with E-state index in [1.807, 2.05) is 67.6 Å². The van der Waals surface area contributed by atoms with Crippen LogP contribution in [0.25, 0.3) is 0 Å². The fourth-order valence-electron chi connectivity index (χ4n) is 2.83. The van der Waals surface area contributed by atoms with Gasteiger partial charge in [-0.25, -0.2) is 5.43 Å². The van der Waals surface area contributed by atoms with E-state index < -0.39 is 6.04 Å². The Morgan fingerprint density at radius 2 is 1.52 bits per heavy atom. The van der Waals surface area contributed by atoms with E-state index in [1.165, 1.54) is 0 Å². The molecule has 0 bridgehead atoms. The molecule has 3 aromatic rings. The Kier molecular flexibility index (Phi) is 6.90. The van der Waals surface area contributed by atoms with Crippen molar-refractivity contribution in [2.45, 2.75) is 19.4 Å². The minimum Gasteiger partial charge on any atom is -0.345 e. The highest BCUT2D eigenvalue weighted by molar-refractivity contribution is 5.94. The summed E-state index contributed by atoms with van der Waals surface area (Å²) in [6.07, 6.45) is 1.67. The van der Waals surface area contributed by atoms with Crippen LogP contribution in [0, 0.1) is 6.92 Å². The fraction of sp³-hybridized carbons (Fsp3) is 0.125. The van der Waals surface area contributed by atoms with Crippen LogP contribution in [0.1, 0.15) is 39.5 Å². The van der Waals surface area contributed by atoms with Gasteiger partial charge in [0, 0.05) is 5.56 Å². The minimum absolute atomic E-state index is 0.0772. The van der Waals surface area contributed by atoms with Crippen molar-refractivity contribution in [3.8, 4) is 0 Å². The van der Waals surface area contributed by atoms with Crippen LogP contribution in [0.3, 0.4) is 0 Å². The van der Waals surface area contributed by atoms with Crippen LogP contribution >= 0.6 is 0 Å². The highest BCUT2D eigenvalue weighted by Crippen LogP contribution is 2.17. The molecule has 3 rings (SSSR count). The minimum atomic E-state index is -0.460. The molecule has 0 radical (unpaired) electrons. The predicted octanol–water partition coefficient (Wildman–Crippen LogP) is 4.01. The Balaban J connectivity index is 1.65. The molecule has 0 saturated carbocycles. The van der Waals surface area contributed by atoms with Crippen LogP contribution < -0.4 is 10.7 Å². The molecule has 1 atom stereocenters. The summed E-state index contributed by atoms with van der Waals surface area (Å²) in [4.78, 5) is 25.0. The number of hydrazone groups is 1. The van der Waals surface area contributed by atoms with Crippen molar-refractivity contribution in [3.05, 3.63) is 107 Å². The van der Waals surface area contributed by atoms with Crippen molar-refractivity contribution in [3.63, 3.8) is 0 Å². The van der Waals surface area contributed by atoms with Gasteiger partial charge in [-0.15, -0.1) is 0 Å². The lowest BCUT2D eigenvalue weighted by Crippen LogP contribution is -2.32. The number of aryl methyl sites for hydroxylation is 1. The van der Waals surface area contributed by atoms with Crippen molar-refractivity contribution in [1.82, 2.24) is 10.7 Å². The first-order valence-corrected chi connectivity index (χ1v) is 9.41. The molecule has 0 fully saturated rings. The molecule has 0 saturated heterocycles. The van der Waals surface area contributed by atoms with Crippen LogP contribution in [-0.4, -0.2) is 18.0 Å². The SMILES string of the molecule is Cc1ccc(/C=N\NC(=O)C[C@H](NC(=O)c2ccccc2)c2ccccc2)cc1. The quantitative estimate of drug-likeness (QED) is 0.477. The largest absolute Gasteiger partial charge is 0.345 e. The molecule has 0 spiro atoms. The average Bonchev–Trinajstić information content (AvgIpc) is 2.76. The number of benzene rings is 3. The Morgan fingerprint density at radius 1 is 0.897 bits per heavy atom. The van der Waals surface area contributed by atoms with Crippen LogP contribution in [0.15, 0.2) is 90.0 Å². The standard InChI is InChI=1S/C24H23N3O2/c1-18-12-14-19(15-13-18)17-25-27-23(28)16-22(20-8-4-2-5-9-20)26-24(29)21-10-6-3-7-11-21/h2-15,17,22H,16H2,1H3,(H,26,29)(H,27,28)/b25-17-/t22-/m0/s1. The molecule has 0 heterocycles. The van der Waals surface area contributed by atoms with Gasteiger partial charge < -0.3 is 5.32 Å². The first-order valence-electron chi connectivity index (χ1n) is 9.41. The number of hydrogen-bond donors (Lipinski definition) is 2. The Labute approximate surface area is 170 Å². The van der Waals surface area contributed by atoms with E-state index >= 15 is 0 Å². The topological polar surface area (TPSA) is 70.6 Å². The van der Waals surface area contributed by atoms with E-state index in [0.29, 0.717) is 5.56 Å². The lowest BCUT2D eigenvalue weighted by Gasteiger charge is -2.18. The molecule has 0 aromatic heterocycles. The highest BCUT2D eigenvalue weighted by atomic mass is 16.2. The van der Waals surface area contributed by atoms with Crippen molar-refractivity contribution in [2.24, 2.45) is 5.10 Å². The average molecular weight is 385 g/mol. The molecule has 0 unspecified atom stereocenters. The molecule has 0 aliphatic heterocycles. The van der Waals surface area contributed by atoms with Crippen LogP contribution in [0.5, 0.6) is 0 Å². The van der Waals surface area contributed by atoms with Crippen LogP contribution in [0.4, 0.5) is 0 Å². The summed E-state index contributed by atoms with van der Waals surface area (Å²) in [6, 6.07) is 25.7. The van der Waals surface area contributed by atoms with Gasteiger partial charge in [0.2, 0.25) is 5.91 Å². The second-order valence-electron chi connectivity index (χ2n) is 6.71. The maximum Gasteiger partial charge on any atom is 0.251 e. The van der Waals surface area contributed by atoms with Gasteiger partial charge in [0.05, 0.1) is 18.7 Å². The second kappa shape index (κ2) is 9.99. The third-order valence-electron chi connectivity index (χ3n) is 4.41. The summed E-state index contributed by atoms with van der Waals surface area (Å²) in [5, 5.41) is 6.96. The number of nitrogens with zero attached hydrogens (tertiary/aromatic N) is 1. The lowest BCUT2D eigenvalue weighted by atomic mass is 10.0. The van der Waals surface area contributed by atoms with Gasteiger partial charge in [0.1, 0.15) is 0 Å². The normalized spacial score (nSPS) is 11.8. The van der Waals surface area contributed by atoms with Crippen LogP contribution in [-0.2, 0) is 4.79 Å². The number of carbonyl (C=O) groups is 2. The van der Waals surface area contributed by atoms with Crippen molar-refractivity contribution >= 4 is 18.0 Å². The molecule has 5 nitrogen and oxygen atoms in total. The third-order valence-corrected chi connectivity index (χ3v) is 4.41. The van der Waals surface area contributed by atoms with Gasteiger partial charge in [0.25, 0.3) is 5.91 Å². The Hall–Kier alpha value is -3.73. The van der Waals surface area contributed by atoms with E-state index in [0.717, 1.165) is 16.7 Å². The smallest absolute Gasteiger partial charge is 0.251 e. The number of amides is 2. The van der Waals surface area contributed by atoms with Crippen molar-refractivity contribution in [2.75, 3.05) is 0 Å². The van der Waals surface area contributed by atoms with E-state index in [-0.39, 0.29) is 18.2 Å². The summed E-state index contributed by atoms with van der Waals surface area (Å²) in [5.41, 5.74) is 6.00. The third kappa shape index (κ3) is 6.14. The van der Waals surface area contributed by atoms with E-state index in [4.69, 9.17) is 0 Å². The maximum absolute atomic E-state index is 12.6. The number of nitrogens with one attached hydrogen (secondary N) is 2. The zero-order valence-electron chi connectivity index (χ0n) is 16.2. The summed E-state index contributed by atoms with van der Waals surface area (Å²) >= 11 is 0. The predicted molar refractivity (Wildman–Crippen MR) is 115 cm³/mol. The summed E-state index contributed by atoms with van der Waals surface area (Å²) < 4.78 is 0. The molecular weight excluding hydrogens is 362 g/mol. The van der Waals surface area contributed by atoms with Crippen LogP contribution in [0.2, 0.25) is 0 Å². The summed E-state index contributed by atoms with van der Waals surface area (Å²) in [7, 11) is 0. The highest BCUT2D eigenvalue weighted by Gasteiger charge is 2.19. The summed E-state index contributed by atoms with van der Waals surface area (Å²) in [6.45, 7) is 2.01. The molecule has 2 N–H and O–H groups in total. The molecule has 146 valence electrons. The number of rotatable bonds is 7. The van der Waals surface area contributed by atoms with Gasteiger partial charge in [-0.2, -0.15) is 5.10 Å².